The van der Waals surface area contributed by atoms with E-state index in [1.807, 2.05) is 6.92 Å². The number of carbonyl (C=O) groups excluding carboxylic acids is 3. The summed E-state index contributed by atoms with van der Waals surface area (Å²) in [6.45, 7) is 1.14. The fraction of sp³-hybridized carbons (Fsp3) is 0.364. The van der Waals surface area contributed by atoms with Crippen LogP contribution in [-0.4, -0.2) is 46.9 Å². The van der Waals surface area contributed by atoms with Crippen LogP contribution in [-0.2, 0) is 9.59 Å². The molecule has 1 aliphatic rings. The van der Waals surface area contributed by atoms with E-state index in [1.54, 1.807) is 12.1 Å². The SMILES string of the molecule is C[C@@H]1CC[C@@H](c2ccc(NCC(F)(F)F)cc2)N(C(=O)C(=O)Nc2ncccc2C(N)=O)C1. The summed E-state index contributed by atoms with van der Waals surface area (Å²) >= 11 is 0. The van der Waals surface area contributed by atoms with Gasteiger partial charge < -0.3 is 21.3 Å². The van der Waals surface area contributed by atoms with Crippen molar-refractivity contribution in [2.24, 2.45) is 11.7 Å². The van der Waals surface area contributed by atoms with Crippen LogP contribution in [0.1, 0.15) is 41.7 Å². The molecule has 2 heterocycles. The Morgan fingerprint density at radius 1 is 1.15 bits per heavy atom. The number of hydrogen-bond acceptors (Lipinski definition) is 5. The van der Waals surface area contributed by atoms with Crippen LogP contribution in [0.4, 0.5) is 24.7 Å². The number of amides is 3. The first-order valence-electron chi connectivity index (χ1n) is 10.3. The minimum atomic E-state index is -4.34. The van der Waals surface area contributed by atoms with E-state index in [9.17, 15) is 27.6 Å². The molecule has 0 spiro atoms. The third-order valence-electron chi connectivity index (χ3n) is 5.37. The average molecular weight is 463 g/mol. The summed E-state index contributed by atoms with van der Waals surface area (Å²) < 4.78 is 37.2. The zero-order valence-electron chi connectivity index (χ0n) is 17.9. The van der Waals surface area contributed by atoms with E-state index < -0.39 is 36.5 Å². The lowest BCUT2D eigenvalue weighted by Gasteiger charge is -2.38. The fourth-order valence-corrected chi connectivity index (χ4v) is 3.74. The molecule has 1 aromatic carbocycles. The highest BCUT2D eigenvalue weighted by molar-refractivity contribution is 6.39. The number of likely N-dealkylation sites (tertiary alicyclic amines) is 1. The summed E-state index contributed by atoms with van der Waals surface area (Å²) in [5.74, 6) is -2.51. The summed E-state index contributed by atoms with van der Waals surface area (Å²) in [6, 6.07) is 8.74. The van der Waals surface area contributed by atoms with E-state index in [0.29, 0.717) is 24.2 Å². The van der Waals surface area contributed by atoms with Crippen molar-refractivity contribution in [1.82, 2.24) is 9.88 Å². The van der Waals surface area contributed by atoms with Gasteiger partial charge in [0, 0.05) is 18.4 Å². The largest absolute Gasteiger partial charge is 0.405 e. The van der Waals surface area contributed by atoms with Crippen LogP contribution in [0.25, 0.3) is 0 Å². The van der Waals surface area contributed by atoms with Gasteiger partial charge in [-0.05, 0) is 48.6 Å². The lowest BCUT2D eigenvalue weighted by atomic mass is 9.89. The summed E-state index contributed by atoms with van der Waals surface area (Å²) in [5.41, 5.74) is 6.27. The smallest absolute Gasteiger partial charge is 0.376 e. The minimum absolute atomic E-state index is 0.0239. The fourth-order valence-electron chi connectivity index (χ4n) is 3.74. The number of rotatable bonds is 5. The number of hydrogen-bond donors (Lipinski definition) is 3. The van der Waals surface area contributed by atoms with Gasteiger partial charge in [0.05, 0.1) is 11.6 Å². The van der Waals surface area contributed by atoms with Crippen molar-refractivity contribution < 1.29 is 27.6 Å². The monoisotopic (exact) mass is 463 g/mol. The molecule has 0 saturated carbocycles. The predicted octanol–water partition coefficient (Wildman–Crippen LogP) is 3.09. The molecule has 1 fully saturated rings. The van der Waals surface area contributed by atoms with E-state index in [0.717, 1.165) is 6.42 Å². The molecule has 1 aromatic heterocycles. The number of nitrogens with zero attached hydrogens (tertiary/aromatic N) is 2. The van der Waals surface area contributed by atoms with E-state index in [-0.39, 0.29) is 17.3 Å². The maximum atomic E-state index is 13.0. The van der Waals surface area contributed by atoms with Gasteiger partial charge in [-0.3, -0.25) is 14.4 Å². The van der Waals surface area contributed by atoms with Gasteiger partial charge in [-0.2, -0.15) is 13.2 Å². The maximum Gasteiger partial charge on any atom is 0.405 e. The van der Waals surface area contributed by atoms with Crippen LogP contribution in [0.3, 0.4) is 0 Å². The highest BCUT2D eigenvalue weighted by Crippen LogP contribution is 2.34. The summed E-state index contributed by atoms with van der Waals surface area (Å²) in [4.78, 5) is 42.6. The molecule has 1 aliphatic heterocycles. The van der Waals surface area contributed by atoms with Gasteiger partial charge in [-0.25, -0.2) is 4.98 Å². The molecule has 3 rings (SSSR count). The first kappa shape index (κ1) is 24.0. The molecule has 0 bridgehead atoms. The lowest BCUT2D eigenvalue weighted by Crippen LogP contribution is -2.46. The van der Waals surface area contributed by atoms with Gasteiger partial charge in [-0.1, -0.05) is 19.1 Å². The number of anilines is 2. The third-order valence-corrected chi connectivity index (χ3v) is 5.37. The lowest BCUT2D eigenvalue weighted by molar-refractivity contribution is -0.146. The zero-order valence-corrected chi connectivity index (χ0v) is 17.9. The molecule has 33 heavy (non-hydrogen) atoms. The zero-order chi connectivity index (χ0) is 24.2. The Hall–Kier alpha value is -3.63. The van der Waals surface area contributed by atoms with E-state index in [2.05, 4.69) is 15.6 Å². The van der Waals surface area contributed by atoms with Crippen molar-refractivity contribution in [3.05, 3.63) is 53.7 Å². The van der Waals surface area contributed by atoms with Crippen molar-refractivity contribution in [2.75, 3.05) is 23.7 Å². The number of nitrogens with two attached hydrogens (primary N) is 1. The molecule has 0 radical (unpaired) electrons. The van der Waals surface area contributed by atoms with Gasteiger partial charge in [0.2, 0.25) is 0 Å². The minimum Gasteiger partial charge on any atom is -0.376 e. The standard InChI is InChI=1S/C22H24F3N5O3/c1-13-4-9-17(14-5-7-15(8-6-14)28-12-22(23,24)25)30(11-13)21(33)20(32)29-19-16(18(26)31)3-2-10-27-19/h2-3,5-8,10,13,17,28H,4,9,11-12H2,1H3,(H2,26,31)(H,27,29,32)/t13-,17+/m1/s1. The van der Waals surface area contributed by atoms with Crippen molar-refractivity contribution >= 4 is 29.2 Å². The summed E-state index contributed by atoms with van der Waals surface area (Å²) in [5, 5.41) is 4.66. The highest BCUT2D eigenvalue weighted by Gasteiger charge is 2.34. The predicted molar refractivity (Wildman–Crippen MR) is 115 cm³/mol. The van der Waals surface area contributed by atoms with Gasteiger partial charge in [0.25, 0.3) is 5.91 Å². The van der Waals surface area contributed by atoms with Gasteiger partial charge in [0.15, 0.2) is 0 Å². The number of carbonyl (C=O) groups is 3. The van der Waals surface area contributed by atoms with E-state index in [4.69, 9.17) is 5.73 Å². The van der Waals surface area contributed by atoms with Crippen molar-refractivity contribution in [3.8, 4) is 0 Å². The van der Waals surface area contributed by atoms with E-state index in [1.165, 1.54) is 35.4 Å². The Kier molecular flexibility index (Phi) is 7.19. The molecular formula is C22H24F3N5O3. The number of piperidine rings is 1. The van der Waals surface area contributed by atoms with Crippen LogP contribution < -0.4 is 16.4 Å². The van der Waals surface area contributed by atoms with Crippen LogP contribution in [0, 0.1) is 5.92 Å². The molecule has 4 N–H and O–H groups in total. The normalized spacial score (nSPS) is 18.5. The number of pyridine rings is 1. The molecule has 2 aromatic rings. The average Bonchev–Trinajstić information content (AvgIpc) is 2.77. The topological polar surface area (TPSA) is 117 Å². The van der Waals surface area contributed by atoms with Gasteiger partial charge in [0.1, 0.15) is 12.4 Å². The van der Waals surface area contributed by atoms with Gasteiger partial charge in [-0.15, -0.1) is 0 Å². The molecule has 1 saturated heterocycles. The quantitative estimate of drug-likeness (QED) is 0.589. The number of halogens is 3. The molecule has 3 amide bonds. The van der Waals surface area contributed by atoms with Crippen molar-refractivity contribution in [2.45, 2.75) is 32.0 Å². The first-order valence-corrected chi connectivity index (χ1v) is 10.3. The number of nitrogens with one attached hydrogen (secondary N) is 2. The molecule has 176 valence electrons. The van der Waals surface area contributed by atoms with Crippen LogP contribution in [0.15, 0.2) is 42.6 Å². The van der Waals surface area contributed by atoms with Crippen molar-refractivity contribution in [1.29, 1.82) is 0 Å². The number of benzene rings is 1. The number of primary amides is 1. The Morgan fingerprint density at radius 2 is 1.85 bits per heavy atom. The first-order chi connectivity index (χ1) is 15.5. The molecule has 2 atom stereocenters. The second-order valence-corrected chi connectivity index (χ2v) is 7.96. The Balaban J connectivity index is 1.76. The number of aromatic nitrogens is 1. The maximum absolute atomic E-state index is 13.0. The summed E-state index contributed by atoms with van der Waals surface area (Å²) in [6.07, 6.45) is -1.58. The second-order valence-electron chi connectivity index (χ2n) is 7.96. The summed E-state index contributed by atoms with van der Waals surface area (Å²) in [7, 11) is 0. The van der Waals surface area contributed by atoms with Crippen LogP contribution in [0.5, 0.6) is 0 Å². The molecule has 0 aliphatic carbocycles. The van der Waals surface area contributed by atoms with Crippen LogP contribution >= 0.6 is 0 Å². The molecule has 0 unspecified atom stereocenters. The Bertz CT molecular complexity index is 1030. The Morgan fingerprint density at radius 3 is 2.48 bits per heavy atom. The van der Waals surface area contributed by atoms with Crippen LogP contribution in [0.2, 0.25) is 0 Å². The third kappa shape index (κ3) is 6.21. The second kappa shape index (κ2) is 9.88. The van der Waals surface area contributed by atoms with Gasteiger partial charge >= 0.3 is 18.0 Å². The number of alkyl halides is 3. The van der Waals surface area contributed by atoms with E-state index >= 15 is 0 Å². The Labute approximate surface area is 188 Å². The molecule has 8 nitrogen and oxygen atoms in total. The molecule has 11 heteroatoms. The highest BCUT2D eigenvalue weighted by atomic mass is 19.4. The molecular weight excluding hydrogens is 439 g/mol. The van der Waals surface area contributed by atoms with Crippen molar-refractivity contribution in [3.63, 3.8) is 0 Å².